The van der Waals surface area contributed by atoms with Crippen LogP contribution in [0, 0.1) is 5.82 Å². The molecule has 5 nitrogen and oxygen atoms in total. The van der Waals surface area contributed by atoms with E-state index in [1.54, 1.807) is 0 Å². The van der Waals surface area contributed by atoms with Crippen molar-refractivity contribution >= 4 is 21.9 Å². The van der Waals surface area contributed by atoms with Crippen LogP contribution in [0.5, 0.6) is 11.5 Å². The molecule has 0 amide bonds. The lowest BCUT2D eigenvalue weighted by Crippen LogP contribution is -2.17. The van der Waals surface area contributed by atoms with Gasteiger partial charge in [-0.15, -0.1) is 0 Å². The second-order valence-corrected chi connectivity index (χ2v) is 4.33. The van der Waals surface area contributed by atoms with E-state index in [-0.39, 0.29) is 28.0 Å². The average Bonchev–Trinajstić information content (AvgIpc) is 2.31. The van der Waals surface area contributed by atoms with Crippen LogP contribution in [0.1, 0.15) is 18.0 Å². The van der Waals surface area contributed by atoms with Crippen molar-refractivity contribution in [2.24, 2.45) is 5.73 Å². The van der Waals surface area contributed by atoms with Gasteiger partial charge in [0.1, 0.15) is 5.82 Å². The van der Waals surface area contributed by atoms with Crippen LogP contribution in [0.25, 0.3) is 0 Å². The van der Waals surface area contributed by atoms with E-state index in [1.807, 2.05) is 0 Å². The van der Waals surface area contributed by atoms with E-state index in [2.05, 4.69) is 15.9 Å². The maximum Gasteiger partial charge on any atom is 0.305 e. The monoisotopic (exact) mass is 321 g/mol. The van der Waals surface area contributed by atoms with Gasteiger partial charge in [-0.05, 0) is 22.0 Å². The number of methoxy groups -OCH3 is 2. The molecule has 0 bridgehead atoms. The van der Waals surface area contributed by atoms with Crippen LogP contribution >= 0.6 is 15.9 Å². The molecule has 0 aliphatic heterocycles. The Balaban J connectivity index is 3.29. The highest BCUT2D eigenvalue weighted by Crippen LogP contribution is 2.40. The van der Waals surface area contributed by atoms with E-state index in [0.717, 1.165) is 0 Å². The maximum absolute atomic E-state index is 14.0. The minimum absolute atomic E-state index is 0.0557. The van der Waals surface area contributed by atoms with Gasteiger partial charge in [-0.2, -0.15) is 0 Å². The summed E-state index contributed by atoms with van der Waals surface area (Å²) in [7, 11) is 2.77. The Bertz CT molecular complexity index is 467. The predicted molar refractivity (Wildman–Crippen MR) is 66.4 cm³/mol. The molecular weight excluding hydrogens is 309 g/mol. The second kappa shape index (κ2) is 6.01. The third-order valence-electron chi connectivity index (χ3n) is 2.37. The van der Waals surface area contributed by atoms with Crippen molar-refractivity contribution in [1.29, 1.82) is 0 Å². The van der Waals surface area contributed by atoms with Gasteiger partial charge in [0.2, 0.25) is 0 Å². The van der Waals surface area contributed by atoms with Crippen LogP contribution in [0.2, 0.25) is 0 Å². The van der Waals surface area contributed by atoms with Crippen molar-refractivity contribution in [3.8, 4) is 11.5 Å². The quantitative estimate of drug-likeness (QED) is 0.867. The number of rotatable bonds is 5. The van der Waals surface area contributed by atoms with Crippen LogP contribution in [0.4, 0.5) is 4.39 Å². The molecule has 3 N–H and O–H groups in total. The lowest BCUT2D eigenvalue weighted by atomic mass is 10.0. The number of aliphatic carboxylic acids is 1. The molecule has 0 aliphatic rings. The predicted octanol–water partition coefficient (Wildman–Crippen LogP) is 2.08. The van der Waals surface area contributed by atoms with Crippen molar-refractivity contribution < 1.29 is 23.8 Å². The molecule has 0 saturated carbocycles. The van der Waals surface area contributed by atoms with Gasteiger partial charge < -0.3 is 20.3 Å². The molecule has 100 valence electrons. The summed E-state index contributed by atoms with van der Waals surface area (Å²) in [5, 5.41) is 8.66. The molecule has 0 fully saturated rings. The number of hydrogen-bond donors (Lipinski definition) is 2. The number of carbonyl (C=O) groups is 1. The van der Waals surface area contributed by atoms with E-state index < -0.39 is 17.8 Å². The Labute approximate surface area is 112 Å². The van der Waals surface area contributed by atoms with Crippen molar-refractivity contribution in [3.05, 3.63) is 21.9 Å². The Morgan fingerprint density at radius 3 is 2.61 bits per heavy atom. The maximum atomic E-state index is 14.0. The molecule has 0 heterocycles. The summed E-state index contributed by atoms with van der Waals surface area (Å²) in [5.74, 6) is -1.28. The summed E-state index contributed by atoms with van der Waals surface area (Å²) >= 11 is 3.03. The lowest BCUT2D eigenvalue weighted by Gasteiger charge is -2.16. The molecule has 1 aromatic rings. The van der Waals surface area contributed by atoms with Gasteiger partial charge in [0.05, 0.1) is 25.1 Å². The van der Waals surface area contributed by atoms with E-state index in [9.17, 15) is 9.18 Å². The standard InChI is InChI=1S/C11H13BrFNO4/c1-17-7-3-5(6(14)4-8(15)16)10(13)9(12)11(7)18-2/h3,6H,4,14H2,1-2H3,(H,15,16). The van der Waals surface area contributed by atoms with Gasteiger partial charge in [-0.1, -0.05) is 0 Å². The van der Waals surface area contributed by atoms with Crippen LogP contribution < -0.4 is 15.2 Å². The number of ether oxygens (including phenoxy) is 2. The molecule has 1 unspecified atom stereocenters. The van der Waals surface area contributed by atoms with Gasteiger partial charge in [0, 0.05) is 11.6 Å². The van der Waals surface area contributed by atoms with E-state index in [4.69, 9.17) is 20.3 Å². The first-order valence-electron chi connectivity index (χ1n) is 4.99. The third-order valence-corrected chi connectivity index (χ3v) is 3.08. The fraction of sp³-hybridized carbons (Fsp3) is 0.364. The zero-order valence-corrected chi connectivity index (χ0v) is 11.5. The molecule has 0 aromatic heterocycles. The molecule has 0 saturated heterocycles. The average molecular weight is 322 g/mol. The molecule has 7 heteroatoms. The number of halogens is 2. The van der Waals surface area contributed by atoms with Crippen molar-refractivity contribution in [3.63, 3.8) is 0 Å². The summed E-state index contributed by atoms with van der Waals surface area (Å²) in [6.45, 7) is 0. The Morgan fingerprint density at radius 2 is 2.17 bits per heavy atom. The first-order chi connectivity index (χ1) is 8.42. The van der Waals surface area contributed by atoms with Gasteiger partial charge >= 0.3 is 5.97 Å². The summed E-state index contributed by atoms with van der Waals surface area (Å²) in [6.07, 6.45) is -0.376. The van der Waals surface area contributed by atoms with Crippen molar-refractivity contribution in [2.75, 3.05) is 14.2 Å². The number of carboxylic acid groups (broad SMARTS) is 1. The largest absolute Gasteiger partial charge is 0.493 e. The highest BCUT2D eigenvalue weighted by atomic mass is 79.9. The zero-order chi connectivity index (χ0) is 13.9. The molecular formula is C11H13BrFNO4. The fourth-order valence-corrected chi connectivity index (χ4v) is 2.10. The number of nitrogens with two attached hydrogens (primary N) is 1. The van der Waals surface area contributed by atoms with Crippen LogP contribution in [0.3, 0.4) is 0 Å². The van der Waals surface area contributed by atoms with E-state index in [1.165, 1.54) is 20.3 Å². The van der Waals surface area contributed by atoms with Gasteiger partial charge in [0.15, 0.2) is 11.5 Å². The van der Waals surface area contributed by atoms with E-state index >= 15 is 0 Å². The van der Waals surface area contributed by atoms with Crippen molar-refractivity contribution in [2.45, 2.75) is 12.5 Å². The second-order valence-electron chi connectivity index (χ2n) is 3.53. The molecule has 1 atom stereocenters. The first kappa shape index (κ1) is 14.7. The first-order valence-corrected chi connectivity index (χ1v) is 5.78. The lowest BCUT2D eigenvalue weighted by molar-refractivity contribution is -0.137. The Hall–Kier alpha value is -1.34. The van der Waals surface area contributed by atoms with E-state index in [0.29, 0.717) is 0 Å². The van der Waals surface area contributed by atoms with Gasteiger partial charge in [-0.3, -0.25) is 4.79 Å². The fourth-order valence-electron chi connectivity index (χ4n) is 1.51. The highest BCUT2D eigenvalue weighted by Gasteiger charge is 2.22. The summed E-state index contributed by atoms with van der Waals surface area (Å²) in [6, 6.07) is 0.380. The van der Waals surface area contributed by atoms with Crippen LogP contribution in [-0.2, 0) is 4.79 Å². The van der Waals surface area contributed by atoms with Gasteiger partial charge in [-0.25, -0.2) is 4.39 Å². The zero-order valence-electron chi connectivity index (χ0n) is 9.87. The summed E-state index contributed by atoms with van der Waals surface area (Å²) < 4.78 is 24.1. The topological polar surface area (TPSA) is 81.8 Å². The summed E-state index contributed by atoms with van der Waals surface area (Å²) in [4.78, 5) is 10.6. The molecule has 0 spiro atoms. The van der Waals surface area contributed by atoms with Crippen LogP contribution in [0.15, 0.2) is 10.5 Å². The third kappa shape index (κ3) is 2.91. The molecule has 0 radical (unpaired) electrons. The van der Waals surface area contributed by atoms with Crippen molar-refractivity contribution in [1.82, 2.24) is 0 Å². The normalized spacial score (nSPS) is 12.1. The summed E-state index contributed by atoms with van der Waals surface area (Å²) in [5.41, 5.74) is 5.70. The number of benzene rings is 1. The van der Waals surface area contributed by atoms with Gasteiger partial charge in [0.25, 0.3) is 0 Å². The Morgan fingerprint density at radius 1 is 1.56 bits per heavy atom. The molecule has 0 aliphatic carbocycles. The smallest absolute Gasteiger partial charge is 0.305 e. The minimum Gasteiger partial charge on any atom is -0.493 e. The highest BCUT2D eigenvalue weighted by molar-refractivity contribution is 9.10. The Kier molecular flexibility index (Phi) is 4.92. The number of carboxylic acids is 1. The molecule has 1 aromatic carbocycles. The number of hydrogen-bond acceptors (Lipinski definition) is 4. The SMILES string of the molecule is COc1cc(C(N)CC(=O)O)c(F)c(Br)c1OC. The van der Waals surface area contributed by atoms with Crippen LogP contribution in [-0.4, -0.2) is 25.3 Å². The minimum atomic E-state index is -1.10. The molecule has 18 heavy (non-hydrogen) atoms. The molecule has 1 rings (SSSR count).